The van der Waals surface area contributed by atoms with Gasteiger partial charge in [0.25, 0.3) is 5.91 Å². The van der Waals surface area contributed by atoms with Crippen molar-refractivity contribution in [1.29, 1.82) is 0 Å². The molecule has 0 unspecified atom stereocenters. The number of benzene rings is 2. The molecule has 0 atom stereocenters. The van der Waals surface area contributed by atoms with Gasteiger partial charge in [0.1, 0.15) is 12.4 Å². The number of fused-ring (bicyclic) bond motifs is 3. The van der Waals surface area contributed by atoms with Crippen LogP contribution in [0.3, 0.4) is 0 Å². The van der Waals surface area contributed by atoms with Crippen molar-refractivity contribution in [2.45, 2.75) is 25.2 Å². The fraction of sp³-hybridized carbons (Fsp3) is 0.308. The van der Waals surface area contributed by atoms with Crippen LogP contribution in [0.15, 0.2) is 54.6 Å². The van der Waals surface area contributed by atoms with Gasteiger partial charge >= 0.3 is 12.1 Å². The third-order valence-corrected chi connectivity index (χ3v) is 7.04. The van der Waals surface area contributed by atoms with Gasteiger partial charge in [-0.3, -0.25) is 19.6 Å². The number of amides is 2. The highest BCUT2D eigenvalue weighted by molar-refractivity contribution is 5.94. The summed E-state index contributed by atoms with van der Waals surface area (Å²) in [7, 11) is 1.60. The third-order valence-electron chi connectivity index (χ3n) is 7.04. The van der Waals surface area contributed by atoms with Crippen LogP contribution in [0.1, 0.15) is 46.8 Å². The van der Waals surface area contributed by atoms with Gasteiger partial charge in [0.2, 0.25) is 0 Å². The molecule has 3 N–H and O–H groups in total. The van der Waals surface area contributed by atoms with Gasteiger partial charge in [-0.1, -0.05) is 55.0 Å². The van der Waals surface area contributed by atoms with Gasteiger partial charge < -0.3 is 15.2 Å². The molecule has 1 heterocycles. The summed E-state index contributed by atoms with van der Waals surface area (Å²) in [5.74, 6) is -1.16. The maximum absolute atomic E-state index is 12.6. The molecule has 2 aliphatic rings. The van der Waals surface area contributed by atoms with Crippen LogP contribution in [0, 0.1) is 5.41 Å². The van der Waals surface area contributed by atoms with Crippen LogP contribution in [0.2, 0.25) is 0 Å². The van der Waals surface area contributed by atoms with Crippen LogP contribution >= 0.6 is 0 Å². The lowest BCUT2D eigenvalue weighted by Crippen LogP contribution is -2.47. The van der Waals surface area contributed by atoms with E-state index in [1.807, 2.05) is 36.4 Å². The molecule has 9 heteroatoms. The van der Waals surface area contributed by atoms with Crippen LogP contribution in [0.25, 0.3) is 11.1 Å². The van der Waals surface area contributed by atoms with E-state index in [0.29, 0.717) is 18.7 Å². The minimum Gasteiger partial charge on any atom is -0.481 e. The molecule has 0 spiro atoms. The first-order chi connectivity index (χ1) is 16.9. The second-order valence-electron chi connectivity index (χ2n) is 9.11. The quantitative estimate of drug-likeness (QED) is 0.479. The highest BCUT2D eigenvalue weighted by atomic mass is 16.5. The lowest BCUT2D eigenvalue weighted by molar-refractivity contribution is -0.153. The zero-order valence-electron chi connectivity index (χ0n) is 19.3. The molecule has 1 saturated carbocycles. The van der Waals surface area contributed by atoms with Crippen LogP contribution in [-0.2, 0) is 16.6 Å². The van der Waals surface area contributed by atoms with E-state index in [-0.39, 0.29) is 24.8 Å². The Labute approximate surface area is 202 Å². The highest BCUT2D eigenvalue weighted by Crippen LogP contribution is 2.44. The molecule has 35 heavy (non-hydrogen) atoms. The lowest BCUT2D eigenvalue weighted by Gasteiger charge is -2.37. The van der Waals surface area contributed by atoms with E-state index in [4.69, 9.17) is 4.74 Å². The number of carboxylic acids is 1. The normalized spacial score (nSPS) is 15.5. The Bertz CT molecular complexity index is 1270. The summed E-state index contributed by atoms with van der Waals surface area (Å²) in [5, 5.41) is 18.9. The van der Waals surface area contributed by atoms with Gasteiger partial charge in [0.15, 0.2) is 5.69 Å². The van der Waals surface area contributed by atoms with E-state index >= 15 is 0 Å². The van der Waals surface area contributed by atoms with Crippen molar-refractivity contribution in [3.63, 3.8) is 0 Å². The van der Waals surface area contributed by atoms with Gasteiger partial charge in [-0.15, -0.1) is 0 Å². The number of carboxylic acid groups (broad SMARTS) is 1. The van der Waals surface area contributed by atoms with Crippen molar-refractivity contribution < 1.29 is 24.2 Å². The molecule has 180 valence electrons. The number of nitrogens with zero attached hydrogens (tertiary/aromatic N) is 2. The molecule has 1 aromatic heterocycles. The maximum atomic E-state index is 12.6. The molecule has 9 nitrogen and oxygen atoms in total. The van der Waals surface area contributed by atoms with E-state index < -0.39 is 23.4 Å². The number of aryl methyl sites for hydroxylation is 1. The van der Waals surface area contributed by atoms with Crippen LogP contribution in [-0.4, -0.2) is 46.0 Å². The summed E-state index contributed by atoms with van der Waals surface area (Å²) in [5.41, 5.74) is 3.71. The molecule has 3 aromatic rings. The Morgan fingerprint density at radius 1 is 1.09 bits per heavy atom. The summed E-state index contributed by atoms with van der Waals surface area (Å²) >= 11 is 0. The molecule has 0 aliphatic heterocycles. The van der Waals surface area contributed by atoms with Crippen molar-refractivity contribution in [1.82, 2.24) is 15.1 Å². The van der Waals surface area contributed by atoms with Crippen molar-refractivity contribution in [2.24, 2.45) is 12.5 Å². The number of hydrogen-bond donors (Lipinski definition) is 3. The van der Waals surface area contributed by atoms with E-state index in [9.17, 15) is 19.5 Å². The zero-order valence-corrected chi connectivity index (χ0v) is 19.3. The number of ether oxygens (including phenoxy) is 1. The summed E-state index contributed by atoms with van der Waals surface area (Å²) in [6.45, 7) is 0.217. The molecular weight excluding hydrogens is 448 g/mol. The van der Waals surface area contributed by atoms with Crippen LogP contribution < -0.4 is 10.6 Å². The van der Waals surface area contributed by atoms with Gasteiger partial charge in [0.05, 0.1) is 5.41 Å². The molecule has 0 bridgehead atoms. The average molecular weight is 475 g/mol. The molecule has 1 fully saturated rings. The van der Waals surface area contributed by atoms with Gasteiger partial charge in [0, 0.05) is 25.6 Å². The number of anilines is 1. The molecule has 2 aliphatic carbocycles. The first-order valence-corrected chi connectivity index (χ1v) is 11.6. The number of carbonyl (C=O) groups is 3. The molecule has 2 aromatic carbocycles. The summed E-state index contributed by atoms with van der Waals surface area (Å²) in [6, 6.07) is 17.6. The van der Waals surface area contributed by atoms with E-state index in [2.05, 4.69) is 27.9 Å². The smallest absolute Gasteiger partial charge is 0.412 e. The Hall–Kier alpha value is -4.14. The van der Waals surface area contributed by atoms with E-state index in [1.54, 1.807) is 7.05 Å². The molecule has 0 saturated heterocycles. The van der Waals surface area contributed by atoms with Crippen molar-refractivity contribution in [3.8, 4) is 11.1 Å². The second-order valence-corrected chi connectivity index (χ2v) is 9.11. The maximum Gasteiger partial charge on any atom is 0.412 e. The predicted molar refractivity (Wildman–Crippen MR) is 128 cm³/mol. The van der Waals surface area contributed by atoms with Crippen LogP contribution in [0.5, 0.6) is 0 Å². The zero-order chi connectivity index (χ0) is 24.6. The van der Waals surface area contributed by atoms with Gasteiger partial charge in [-0.05, 0) is 35.1 Å². The van der Waals surface area contributed by atoms with E-state index in [1.165, 1.54) is 10.7 Å². The first-order valence-electron chi connectivity index (χ1n) is 11.6. The largest absolute Gasteiger partial charge is 0.481 e. The lowest BCUT2D eigenvalue weighted by atomic mass is 9.69. The number of carbonyl (C=O) groups excluding carboxylic acids is 2. The molecule has 5 rings (SSSR count). The second kappa shape index (κ2) is 8.90. The first kappa shape index (κ1) is 22.6. The number of rotatable bonds is 7. The monoisotopic (exact) mass is 474 g/mol. The minimum absolute atomic E-state index is 0.0485. The summed E-state index contributed by atoms with van der Waals surface area (Å²) in [6.07, 6.45) is 1.26. The number of aliphatic carboxylic acids is 1. The minimum atomic E-state index is -0.900. The Kier molecular flexibility index (Phi) is 5.76. The summed E-state index contributed by atoms with van der Waals surface area (Å²) in [4.78, 5) is 36.6. The summed E-state index contributed by atoms with van der Waals surface area (Å²) < 4.78 is 6.92. The Morgan fingerprint density at radius 3 is 2.29 bits per heavy atom. The number of aromatic nitrogens is 2. The van der Waals surface area contributed by atoms with E-state index in [0.717, 1.165) is 28.7 Å². The number of hydrogen-bond acceptors (Lipinski definition) is 5. The topological polar surface area (TPSA) is 123 Å². The fourth-order valence-electron chi connectivity index (χ4n) is 4.84. The molecular formula is C26H26N4O5. The Balaban J connectivity index is 1.20. The molecule has 2 amide bonds. The average Bonchev–Trinajstić information content (AvgIpc) is 3.34. The SMILES string of the molecule is Cn1nc(C(=O)NCC2(C(=O)O)CCC2)cc1NC(=O)OCC1c2ccccc2-c2ccccc21. The predicted octanol–water partition coefficient (Wildman–Crippen LogP) is 3.77. The highest BCUT2D eigenvalue weighted by Gasteiger charge is 2.44. The van der Waals surface area contributed by atoms with Gasteiger partial charge in [-0.2, -0.15) is 5.10 Å². The fourth-order valence-corrected chi connectivity index (χ4v) is 4.84. The van der Waals surface area contributed by atoms with Crippen LogP contribution in [0.4, 0.5) is 10.6 Å². The number of nitrogens with one attached hydrogen (secondary N) is 2. The standard InChI is InChI=1S/C26H26N4O5/c1-30-22(13-21(29-30)23(31)27-15-26(24(32)33)11-6-12-26)28-25(34)35-14-20-18-9-4-2-7-16(18)17-8-3-5-10-19(17)20/h2-5,7-10,13,20H,6,11-12,14-15H2,1H3,(H,27,31)(H,28,34)(H,32,33). The van der Waals surface area contributed by atoms with Gasteiger partial charge in [-0.25, -0.2) is 4.79 Å². The molecule has 0 radical (unpaired) electrons. The van der Waals surface area contributed by atoms with Crippen molar-refractivity contribution in [2.75, 3.05) is 18.5 Å². The Morgan fingerprint density at radius 2 is 1.71 bits per heavy atom. The third kappa shape index (κ3) is 4.14. The van der Waals surface area contributed by atoms with Crippen molar-refractivity contribution in [3.05, 3.63) is 71.4 Å². The van der Waals surface area contributed by atoms with Crippen molar-refractivity contribution >= 4 is 23.8 Å².